The van der Waals surface area contributed by atoms with Crippen molar-refractivity contribution in [3.8, 4) is 6.07 Å². The van der Waals surface area contributed by atoms with Crippen LogP contribution in [-0.4, -0.2) is 35.4 Å². The van der Waals surface area contributed by atoms with Gasteiger partial charge in [0.25, 0.3) is 0 Å². The van der Waals surface area contributed by atoms with Crippen LogP contribution in [0.2, 0.25) is 0 Å². The van der Waals surface area contributed by atoms with E-state index >= 15 is 0 Å². The van der Waals surface area contributed by atoms with E-state index in [0.717, 1.165) is 0 Å². The molecule has 1 rings (SSSR count). The highest BCUT2D eigenvalue weighted by molar-refractivity contribution is 6.09. The van der Waals surface area contributed by atoms with Crippen molar-refractivity contribution in [2.24, 2.45) is 5.73 Å². The molecule has 0 fully saturated rings. The van der Waals surface area contributed by atoms with Crippen LogP contribution in [0.1, 0.15) is 27.2 Å². The van der Waals surface area contributed by atoms with Gasteiger partial charge in [-0.25, -0.2) is 4.79 Å². The molecule has 0 aromatic heterocycles. The summed E-state index contributed by atoms with van der Waals surface area (Å²) in [5.74, 6) is 0. The molecule has 3 N–H and O–H groups in total. The lowest BCUT2D eigenvalue weighted by Gasteiger charge is -2.31. The Kier molecular flexibility index (Phi) is 3.96. The molecule has 0 atom stereocenters. The third-order valence-corrected chi connectivity index (χ3v) is 2.45. The number of nitrogens with zero attached hydrogens (tertiary/aromatic N) is 2. The molecule has 6 heteroatoms. The normalized spacial score (nSPS) is 16.2. The highest BCUT2D eigenvalue weighted by atomic mass is 16.6. The molecule has 98 valence electrons. The maximum absolute atomic E-state index is 11.8. The summed E-state index contributed by atoms with van der Waals surface area (Å²) in [6.07, 6.45) is -0.00900. The lowest BCUT2D eigenvalue weighted by atomic mass is 10.0. The number of hydrogen-bond donors (Lipinski definition) is 2. The minimum Gasteiger partial charge on any atom is -0.444 e. The van der Waals surface area contributed by atoms with Crippen LogP contribution in [0.15, 0.2) is 11.3 Å². The van der Waals surface area contributed by atoms with Gasteiger partial charge in [-0.1, -0.05) is 0 Å². The first-order valence-corrected chi connectivity index (χ1v) is 5.69. The van der Waals surface area contributed by atoms with E-state index < -0.39 is 11.7 Å². The Bertz CT molecular complexity index is 440. The summed E-state index contributed by atoms with van der Waals surface area (Å²) in [5.41, 5.74) is 6.02. The summed E-state index contributed by atoms with van der Waals surface area (Å²) >= 11 is 0. The lowest BCUT2D eigenvalue weighted by Crippen LogP contribution is -2.42. The maximum atomic E-state index is 11.8. The van der Waals surface area contributed by atoms with E-state index in [-0.39, 0.29) is 12.3 Å². The molecule has 6 nitrogen and oxygen atoms in total. The van der Waals surface area contributed by atoms with Crippen molar-refractivity contribution < 1.29 is 9.53 Å². The molecule has 18 heavy (non-hydrogen) atoms. The molecule has 1 heterocycles. The molecule has 0 aromatic carbocycles. The SMILES string of the molecule is CC(C)(C)OC(=O)N1CCC(C(=N)C#N)=C(N)C1. The monoisotopic (exact) mass is 250 g/mol. The Morgan fingerprint density at radius 3 is 2.61 bits per heavy atom. The van der Waals surface area contributed by atoms with Crippen molar-refractivity contribution in [3.63, 3.8) is 0 Å². The van der Waals surface area contributed by atoms with E-state index in [1.54, 1.807) is 26.8 Å². The van der Waals surface area contributed by atoms with Crippen molar-refractivity contribution in [1.29, 1.82) is 10.7 Å². The van der Waals surface area contributed by atoms with Crippen molar-refractivity contribution in [1.82, 2.24) is 4.90 Å². The second kappa shape index (κ2) is 5.08. The van der Waals surface area contributed by atoms with Gasteiger partial charge < -0.3 is 15.4 Å². The first-order chi connectivity index (χ1) is 8.24. The van der Waals surface area contributed by atoms with E-state index in [0.29, 0.717) is 24.2 Å². The maximum Gasteiger partial charge on any atom is 0.410 e. The predicted molar refractivity (Wildman–Crippen MR) is 67.0 cm³/mol. The van der Waals surface area contributed by atoms with Crippen LogP contribution in [0, 0.1) is 16.7 Å². The van der Waals surface area contributed by atoms with Gasteiger partial charge in [-0.05, 0) is 27.2 Å². The fourth-order valence-corrected chi connectivity index (χ4v) is 1.62. The molecule has 0 unspecified atom stereocenters. The molecule has 1 aliphatic heterocycles. The van der Waals surface area contributed by atoms with Crippen molar-refractivity contribution in [3.05, 3.63) is 11.3 Å². The van der Waals surface area contributed by atoms with Gasteiger partial charge in [-0.3, -0.25) is 5.41 Å². The van der Waals surface area contributed by atoms with E-state index in [2.05, 4.69) is 0 Å². The van der Waals surface area contributed by atoms with Crippen LogP contribution in [0.4, 0.5) is 4.79 Å². The Hall–Kier alpha value is -2.03. The average molecular weight is 250 g/mol. The zero-order valence-corrected chi connectivity index (χ0v) is 10.9. The van der Waals surface area contributed by atoms with Crippen molar-refractivity contribution in [2.45, 2.75) is 32.8 Å². The zero-order valence-electron chi connectivity index (χ0n) is 10.9. The van der Waals surface area contributed by atoms with Crippen LogP contribution < -0.4 is 5.73 Å². The molecule has 0 bridgehead atoms. The summed E-state index contributed by atoms with van der Waals surface area (Å²) in [6, 6.07) is 1.76. The molecule has 0 radical (unpaired) electrons. The number of carbonyl (C=O) groups is 1. The summed E-state index contributed by atoms with van der Waals surface area (Å²) in [6.45, 7) is 6.00. The average Bonchev–Trinajstić information content (AvgIpc) is 2.25. The van der Waals surface area contributed by atoms with E-state index in [9.17, 15) is 4.79 Å². The van der Waals surface area contributed by atoms with Gasteiger partial charge in [0.2, 0.25) is 0 Å². The smallest absolute Gasteiger partial charge is 0.410 e. The molecular formula is C12H18N4O2. The van der Waals surface area contributed by atoms with Gasteiger partial charge in [-0.15, -0.1) is 0 Å². The molecule has 0 saturated heterocycles. The van der Waals surface area contributed by atoms with Gasteiger partial charge >= 0.3 is 6.09 Å². The first kappa shape index (κ1) is 14.0. The number of rotatable bonds is 1. The number of amides is 1. The Labute approximate surface area is 107 Å². The highest BCUT2D eigenvalue weighted by Gasteiger charge is 2.27. The van der Waals surface area contributed by atoms with Gasteiger partial charge in [0, 0.05) is 17.8 Å². The first-order valence-electron chi connectivity index (χ1n) is 5.69. The number of nitrogens with two attached hydrogens (primary N) is 1. The Balaban J connectivity index is 2.73. The third-order valence-electron chi connectivity index (χ3n) is 2.45. The Morgan fingerprint density at radius 2 is 2.17 bits per heavy atom. The summed E-state index contributed by atoms with van der Waals surface area (Å²) in [4.78, 5) is 13.3. The number of nitriles is 1. The van der Waals surface area contributed by atoms with Crippen LogP contribution in [0.5, 0.6) is 0 Å². The van der Waals surface area contributed by atoms with Crippen molar-refractivity contribution in [2.75, 3.05) is 13.1 Å². The van der Waals surface area contributed by atoms with E-state index in [4.69, 9.17) is 21.1 Å². The molecular weight excluding hydrogens is 232 g/mol. The quantitative estimate of drug-likeness (QED) is 0.686. The summed E-state index contributed by atoms with van der Waals surface area (Å²) in [7, 11) is 0. The Morgan fingerprint density at radius 1 is 1.56 bits per heavy atom. The fraction of sp³-hybridized carbons (Fsp3) is 0.583. The predicted octanol–water partition coefficient (Wildman–Crippen LogP) is 1.38. The largest absolute Gasteiger partial charge is 0.444 e. The number of ether oxygens (including phenoxy) is 1. The zero-order chi connectivity index (χ0) is 13.9. The summed E-state index contributed by atoms with van der Waals surface area (Å²) in [5, 5.41) is 16.1. The van der Waals surface area contributed by atoms with Gasteiger partial charge in [0.15, 0.2) is 0 Å². The minimum absolute atomic E-state index is 0.128. The topological polar surface area (TPSA) is 103 Å². The molecule has 0 aromatic rings. The van der Waals surface area contributed by atoms with Gasteiger partial charge in [0.05, 0.1) is 6.54 Å². The second-order valence-electron chi connectivity index (χ2n) is 5.14. The number of hydrogen-bond acceptors (Lipinski definition) is 5. The van der Waals surface area contributed by atoms with Crippen LogP contribution in [0.25, 0.3) is 0 Å². The minimum atomic E-state index is -0.546. The van der Waals surface area contributed by atoms with Crippen molar-refractivity contribution >= 4 is 11.8 Å². The molecule has 0 saturated carbocycles. The van der Waals surface area contributed by atoms with Gasteiger partial charge in [-0.2, -0.15) is 5.26 Å². The highest BCUT2D eigenvalue weighted by Crippen LogP contribution is 2.18. The number of nitrogens with one attached hydrogen (secondary N) is 1. The molecule has 0 aliphatic carbocycles. The van der Waals surface area contributed by atoms with Crippen LogP contribution >= 0.6 is 0 Å². The summed E-state index contributed by atoms with van der Waals surface area (Å²) < 4.78 is 5.24. The molecule has 0 spiro atoms. The fourth-order valence-electron chi connectivity index (χ4n) is 1.62. The molecule has 1 amide bonds. The second-order valence-corrected chi connectivity index (χ2v) is 5.14. The van der Waals surface area contributed by atoms with E-state index in [1.165, 1.54) is 4.90 Å². The van der Waals surface area contributed by atoms with Gasteiger partial charge in [0.1, 0.15) is 17.4 Å². The van der Waals surface area contributed by atoms with E-state index in [1.807, 2.05) is 0 Å². The van der Waals surface area contributed by atoms with Crippen LogP contribution in [-0.2, 0) is 4.74 Å². The van der Waals surface area contributed by atoms with Crippen LogP contribution in [0.3, 0.4) is 0 Å². The third kappa shape index (κ3) is 3.48. The number of carbonyl (C=O) groups excluding carboxylic acids is 1. The standard InChI is InChI=1S/C12H18N4O2/c1-12(2,3)18-11(17)16-5-4-8(9(14)6-13)10(15)7-16/h14H,4-5,7,15H2,1-3H3. The lowest BCUT2D eigenvalue weighted by molar-refractivity contribution is 0.0260. The molecule has 1 aliphatic rings.